The van der Waals surface area contributed by atoms with Crippen molar-refractivity contribution in [1.29, 1.82) is 0 Å². The number of hydrogen-bond donors (Lipinski definition) is 1. The molecule has 0 aliphatic rings. The highest BCUT2D eigenvalue weighted by Crippen LogP contribution is 2.12. The smallest absolute Gasteiger partial charge is 0.381 e. The summed E-state index contributed by atoms with van der Waals surface area (Å²) in [6.45, 7) is 3.68. The van der Waals surface area contributed by atoms with E-state index >= 15 is 0 Å². The topological polar surface area (TPSA) is 72.8 Å². The van der Waals surface area contributed by atoms with E-state index in [1.54, 1.807) is 0 Å². The summed E-state index contributed by atoms with van der Waals surface area (Å²) in [5, 5.41) is 0. The van der Waals surface area contributed by atoms with Crippen LogP contribution in [0, 0.1) is 0 Å². The standard InChI is InChI=1S/C20H42O5S/c1-2-3-4-5-6-7-8-9-10-11-12-13-14-15-18-24-19-16-17-20-25-26(21,22)23/h2-20H2,1H3,(H,21,22,23). The Bertz CT molecular complexity index is 370. The van der Waals surface area contributed by atoms with E-state index < -0.39 is 10.4 Å². The Labute approximate surface area is 162 Å². The SMILES string of the molecule is CCCCCCCCCCCCCCCCOCCCCOS(=O)(=O)O. The van der Waals surface area contributed by atoms with E-state index in [9.17, 15) is 8.42 Å². The second-order valence-corrected chi connectivity index (χ2v) is 8.26. The van der Waals surface area contributed by atoms with E-state index in [0.29, 0.717) is 13.0 Å². The minimum atomic E-state index is -4.29. The highest BCUT2D eigenvalue weighted by atomic mass is 32.3. The van der Waals surface area contributed by atoms with E-state index in [0.717, 1.165) is 19.4 Å². The van der Waals surface area contributed by atoms with Crippen LogP contribution in [-0.4, -0.2) is 32.8 Å². The number of ether oxygens (including phenoxy) is 1. The van der Waals surface area contributed by atoms with Crippen LogP contribution in [0.1, 0.15) is 110 Å². The molecule has 0 spiro atoms. The first-order chi connectivity index (χ1) is 12.6. The molecular weight excluding hydrogens is 352 g/mol. The molecule has 0 aliphatic heterocycles. The van der Waals surface area contributed by atoms with Crippen molar-refractivity contribution in [3.05, 3.63) is 0 Å². The van der Waals surface area contributed by atoms with Crippen LogP contribution in [0.25, 0.3) is 0 Å². The Balaban J connectivity index is 3.03. The highest BCUT2D eigenvalue weighted by Gasteiger charge is 2.02. The lowest BCUT2D eigenvalue weighted by Crippen LogP contribution is -2.06. The molecule has 0 unspecified atom stereocenters. The molecule has 158 valence electrons. The zero-order valence-corrected chi connectivity index (χ0v) is 17.7. The van der Waals surface area contributed by atoms with Crippen LogP contribution in [0.3, 0.4) is 0 Å². The quantitative estimate of drug-likeness (QED) is 0.188. The van der Waals surface area contributed by atoms with Crippen LogP contribution in [0.5, 0.6) is 0 Å². The van der Waals surface area contributed by atoms with Gasteiger partial charge in [0.25, 0.3) is 0 Å². The molecule has 0 atom stereocenters. The van der Waals surface area contributed by atoms with Gasteiger partial charge in [-0.05, 0) is 19.3 Å². The third kappa shape index (κ3) is 23.8. The van der Waals surface area contributed by atoms with Crippen LogP contribution >= 0.6 is 0 Å². The van der Waals surface area contributed by atoms with Crippen molar-refractivity contribution in [2.24, 2.45) is 0 Å². The normalized spacial score (nSPS) is 11.9. The molecule has 0 rings (SSSR count). The van der Waals surface area contributed by atoms with Gasteiger partial charge < -0.3 is 4.74 Å². The lowest BCUT2D eigenvalue weighted by atomic mass is 10.0. The van der Waals surface area contributed by atoms with Gasteiger partial charge in [0.1, 0.15) is 0 Å². The van der Waals surface area contributed by atoms with Gasteiger partial charge in [-0.2, -0.15) is 8.42 Å². The lowest BCUT2D eigenvalue weighted by Gasteiger charge is -2.05. The second kappa shape index (κ2) is 19.6. The zero-order chi connectivity index (χ0) is 19.3. The van der Waals surface area contributed by atoms with E-state index in [2.05, 4.69) is 11.1 Å². The summed E-state index contributed by atoms with van der Waals surface area (Å²) in [7, 11) is -4.29. The molecule has 0 bridgehead atoms. The van der Waals surface area contributed by atoms with Crippen molar-refractivity contribution in [2.75, 3.05) is 19.8 Å². The van der Waals surface area contributed by atoms with Gasteiger partial charge in [-0.3, -0.25) is 4.55 Å². The molecule has 0 amide bonds. The molecule has 0 aromatic heterocycles. The summed E-state index contributed by atoms with van der Waals surface area (Å²) in [4.78, 5) is 0. The van der Waals surface area contributed by atoms with Crippen LogP contribution in [0.2, 0.25) is 0 Å². The van der Waals surface area contributed by atoms with Gasteiger partial charge in [0.2, 0.25) is 0 Å². The van der Waals surface area contributed by atoms with Crippen LogP contribution in [0.15, 0.2) is 0 Å². The van der Waals surface area contributed by atoms with E-state index in [1.807, 2.05) is 0 Å². The summed E-state index contributed by atoms with van der Waals surface area (Å²) in [6.07, 6.45) is 20.3. The predicted octanol–water partition coefficient (Wildman–Crippen LogP) is 6.08. The molecule has 0 aromatic rings. The molecule has 0 fully saturated rings. The maximum Gasteiger partial charge on any atom is 0.397 e. The Morgan fingerprint density at radius 1 is 0.577 bits per heavy atom. The van der Waals surface area contributed by atoms with Crippen molar-refractivity contribution in [3.63, 3.8) is 0 Å². The molecule has 6 heteroatoms. The van der Waals surface area contributed by atoms with Crippen molar-refractivity contribution in [3.8, 4) is 0 Å². The van der Waals surface area contributed by atoms with Gasteiger partial charge in [0.05, 0.1) is 6.61 Å². The Kier molecular flexibility index (Phi) is 19.5. The number of rotatable bonds is 21. The summed E-state index contributed by atoms with van der Waals surface area (Å²) >= 11 is 0. The fraction of sp³-hybridized carbons (Fsp3) is 1.00. The molecule has 0 saturated heterocycles. The van der Waals surface area contributed by atoms with Crippen molar-refractivity contribution < 1.29 is 21.9 Å². The van der Waals surface area contributed by atoms with Crippen molar-refractivity contribution in [1.82, 2.24) is 0 Å². The largest absolute Gasteiger partial charge is 0.397 e. The summed E-state index contributed by atoms with van der Waals surface area (Å²) in [5.74, 6) is 0. The molecule has 0 radical (unpaired) electrons. The molecule has 1 N–H and O–H groups in total. The summed E-state index contributed by atoms with van der Waals surface area (Å²) < 4.78 is 38.8. The van der Waals surface area contributed by atoms with Gasteiger partial charge in [-0.15, -0.1) is 0 Å². The van der Waals surface area contributed by atoms with Crippen LogP contribution in [-0.2, 0) is 19.3 Å². The average Bonchev–Trinajstić information content (AvgIpc) is 2.59. The number of unbranched alkanes of at least 4 members (excludes halogenated alkanes) is 14. The summed E-state index contributed by atoms with van der Waals surface area (Å²) in [5.41, 5.74) is 0. The minimum Gasteiger partial charge on any atom is -0.381 e. The highest BCUT2D eigenvalue weighted by molar-refractivity contribution is 7.80. The fourth-order valence-corrected chi connectivity index (χ4v) is 3.30. The fourth-order valence-electron chi connectivity index (χ4n) is 2.97. The molecule has 26 heavy (non-hydrogen) atoms. The van der Waals surface area contributed by atoms with Gasteiger partial charge in [-0.1, -0.05) is 90.4 Å². The first kappa shape index (κ1) is 25.8. The third-order valence-electron chi connectivity index (χ3n) is 4.56. The zero-order valence-electron chi connectivity index (χ0n) is 16.9. The Hall–Kier alpha value is -0.170. The average molecular weight is 395 g/mol. The summed E-state index contributed by atoms with van der Waals surface area (Å²) in [6, 6.07) is 0. The Morgan fingerprint density at radius 3 is 1.35 bits per heavy atom. The monoisotopic (exact) mass is 394 g/mol. The Morgan fingerprint density at radius 2 is 0.923 bits per heavy atom. The van der Waals surface area contributed by atoms with E-state index in [1.165, 1.54) is 83.5 Å². The maximum absolute atomic E-state index is 10.3. The predicted molar refractivity (Wildman–Crippen MR) is 108 cm³/mol. The second-order valence-electron chi connectivity index (χ2n) is 7.17. The van der Waals surface area contributed by atoms with Crippen LogP contribution in [0.4, 0.5) is 0 Å². The molecule has 5 nitrogen and oxygen atoms in total. The van der Waals surface area contributed by atoms with Gasteiger partial charge in [-0.25, -0.2) is 4.18 Å². The molecule has 0 heterocycles. The maximum atomic E-state index is 10.3. The lowest BCUT2D eigenvalue weighted by molar-refractivity contribution is 0.122. The van der Waals surface area contributed by atoms with E-state index in [-0.39, 0.29) is 6.61 Å². The third-order valence-corrected chi connectivity index (χ3v) is 5.02. The minimum absolute atomic E-state index is 0.0149. The molecular formula is C20H42O5S. The van der Waals surface area contributed by atoms with Crippen molar-refractivity contribution >= 4 is 10.4 Å². The first-order valence-electron chi connectivity index (χ1n) is 10.8. The first-order valence-corrected chi connectivity index (χ1v) is 12.1. The number of hydrogen-bond acceptors (Lipinski definition) is 4. The molecule has 0 aliphatic carbocycles. The molecule has 0 saturated carbocycles. The van der Waals surface area contributed by atoms with Gasteiger partial charge in [0.15, 0.2) is 0 Å². The van der Waals surface area contributed by atoms with Crippen LogP contribution < -0.4 is 0 Å². The van der Waals surface area contributed by atoms with E-state index in [4.69, 9.17) is 9.29 Å². The molecule has 0 aromatic carbocycles. The van der Waals surface area contributed by atoms with Gasteiger partial charge in [0, 0.05) is 13.2 Å². The van der Waals surface area contributed by atoms with Crippen molar-refractivity contribution in [2.45, 2.75) is 110 Å². The van der Waals surface area contributed by atoms with Gasteiger partial charge >= 0.3 is 10.4 Å².